The number of carbonyl (C=O) groups is 1. The van der Waals surface area contributed by atoms with Gasteiger partial charge in [0.05, 0.1) is 4.90 Å². The van der Waals surface area contributed by atoms with Gasteiger partial charge in [-0.1, -0.05) is 27.7 Å². The van der Waals surface area contributed by atoms with E-state index in [1.807, 2.05) is 18.7 Å². The van der Waals surface area contributed by atoms with Gasteiger partial charge in [-0.15, -0.1) is 0 Å². The van der Waals surface area contributed by atoms with E-state index in [-0.39, 0.29) is 10.8 Å². The van der Waals surface area contributed by atoms with E-state index in [9.17, 15) is 13.2 Å². The van der Waals surface area contributed by atoms with Gasteiger partial charge in [0.1, 0.15) is 0 Å². The van der Waals surface area contributed by atoms with E-state index < -0.39 is 10.0 Å². The lowest BCUT2D eigenvalue weighted by Crippen LogP contribution is -2.49. The number of piperazine rings is 1. The van der Waals surface area contributed by atoms with Crippen molar-refractivity contribution < 1.29 is 13.2 Å². The van der Waals surface area contributed by atoms with E-state index in [1.54, 1.807) is 24.3 Å². The molecule has 6 nitrogen and oxygen atoms in total. The Hall–Kier alpha value is -1.44. The van der Waals surface area contributed by atoms with Crippen molar-refractivity contribution >= 4 is 15.9 Å². The second kappa shape index (κ2) is 9.66. The Labute approximate surface area is 164 Å². The van der Waals surface area contributed by atoms with Crippen LogP contribution in [0.2, 0.25) is 0 Å². The molecule has 1 fully saturated rings. The average molecular weight is 396 g/mol. The Morgan fingerprint density at radius 1 is 1.04 bits per heavy atom. The SMILES string of the molecule is CCN(CC)S(=O)(=O)c1ccc(C(=O)N2CCN(CCC(C)C)CC2)cc1. The molecule has 2 rings (SSSR count). The van der Waals surface area contributed by atoms with Crippen molar-refractivity contribution in [2.24, 2.45) is 5.92 Å². The normalized spacial score (nSPS) is 16.3. The molecule has 0 bridgehead atoms. The lowest BCUT2D eigenvalue weighted by Gasteiger charge is -2.35. The third-order valence-electron chi connectivity index (χ3n) is 5.13. The van der Waals surface area contributed by atoms with E-state index >= 15 is 0 Å². The summed E-state index contributed by atoms with van der Waals surface area (Å²) in [4.78, 5) is 17.2. The molecule has 7 heteroatoms. The molecule has 1 aromatic carbocycles. The standard InChI is InChI=1S/C20H33N3O3S/c1-5-23(6-2)27(25,26)19-9-7-18(8-10-19)20(24)22-15-13-21(14-16-22)12-11-17(3)4/h7-10,17H,5-6,11-16H2,1-4H3. The van der Waals surface area contributed by atoms with Crippen LogP contribution in [-0.2, 0) is 10.0 Å². The molecule has 1 amide bonds. The van der Waals surface area contributed by atoms with E-state index in [1.165, 1.54) is 10.7 Å². The minimum atomic E-state index is -3.49. The molecule has 1 aliphatic heterocycles. The molecule has 1 aromatic rings. The smallest absolute Gasteiger partial charge is 0.253 e. The molecule has 0 aliphatic carbocycles. The Balaban J connectivity index is 1.98. The van der Waals surface area contributed by atoms with Crippen LogP contribution in [0.5, 0.6) is 0 Å². The zero-order chi connectivity index (χ0) is 20.0. The van der Waals surface area contributed by atoms with Gasteiger partial charge in [0.25, 0.3) is 5.91 Å². The van der Waals surface area contributed by atoms with Crippen LogP contribution in [0.15, 0.2) is 29.2 Å². The highest BCUT2D eigenvalue weighted by Gasteiger charge is 2.24. The van der Waals surface area contributed by atoms with Crippen LogP contribution in [-0.4, -0.2) is 74.2 Å². The van der Waals surface area contributed by atoms with Crippen molar-refractivity contribution in [2.45, 2.75) is 39.0 Å². The van der Waals surface area contributed by atoms with Gasteiger partial charge >= 0.3 is 0 Å². The van der Waals surface area contributed by atoms with Crippen LogP contribution in [0.1, 0.15) is 44.5 Å². The second-order valence-corrected chi connectivity index (χ2v) is 9.37. The largest absolute Gasteiger partial charge is 0.336 e. The highest BCUT2D eigenvalue weighted by molar-refractivity contribution is 7.89. The fraction of sp³-hybridized carbons (Fsp3) is 0.650. The van der Waals surface area contributed by atoms with Gasteiger partial charge < -0.3 is 4.90 Å². The van der Waals surface area contributed by atoms with Crippen molar-refractivity contribution in [3.05, 3.63) is 29.8 Å². The number of sulfonamides is 1. The molecule has 1 saturated heterocycles. The number of hydrogen-bond acceptors (Lipinski definition) is 4. The number of benzene rings is 1. The minimum absolute atomic E-state index is 0.0229. The molecule has 0 saturated carbocycles. The first-order valence-corrected chi connectivity index (χ1v) is 11.3. The second-order valence-electron chi connectivity index (χ2n) is 7.43. The van der Waals surface area contributed by atoms with Crippen molar-refractivity contribution in [1.29, 1.82) is 0 Å². The summed E-state index contributed by atoms with van der Waals surface area (Å²) in [5, 5.41) is 0. The summed E-state index contributed by atoms with van der Waals surface area (Å²) in [6.07, 6.45) is 1.18. The molecule has 0 aromatic heterocycles. The first-order chi connectivity index (χ1) is 12.8. The monoisotopic (exact) mass is 395 g/mol. The highest BCUT2D eigenvalue weighted by atomic mass is 32.2. The van der Waals surface area contributed by atoms with Gasteiger partial charge in [0.2, 0.25) is 10.0 Å². The van der Waals surface area contributed by atoms with Gasteiger partial charge in [-0.05, 0) is 43.1 Å². The zero-order valence-electron chi connectivity index (χ0n) is 17.0. The summed E-state index contributed by atoms with van der Waals surface area (Å²) in [7, 11) is -3.49. The quantitative estimate of drug-likeness (QED) is 0.679. The molecule has 0 N–H and O–H groups in total. The number of nitrogens with zero attached hydrogens (tertiary/aromatic N) is 3. The summed E-state index contributed by atoms with van der Waals surface area (Å²) in [5.41, 5.74) is 0.545. The van der Waals surface area contributed by atoms with E-state index in [2.05, 4.69) is 18.7 Å². The number of amides is 1. The predicted octanol–water partition coefficient (Wildman–Crippen LogP) is 2.52. The fourth-order valence-corrected chi connectivity index (χ4v) is 4.74. The van der Waals surface area contributed by atoms with E-state index in [0.29, 0.717) is 24.6 Å². The molecule has 0 spiro atoms. The van der Waals surface area contributed by atoms with Gasteiger partial charge in [-0.25, -0.2) is 8.42 Å². The Bertz CT molecular complexity index is 704. The van der Waals surface area contributed by atoms with Crippen LogP contribution >= 0.6 is 0 Å². The van der Waals surface area contributed by atoms with E-state index in [0.717, 1.165) is 32.7 Å². The Morgan fingerprint density at radius 2 is 1.59 bits per heavy atom. The van der Waals surface area contributed by atoms with Crippen LogP contribution < -0.4 is 0 Å². The fourth-order valence-electron chi connectivity index (χ4n) is 3.28. The summed E-state index contributed by atoms with van der Waals surface area (Å²) in [6, 6.07) is 6.34. The van der Waals surface area contributed by atoms with E-state index in [4.69, 9.17) is 0 Å². The highest BCUT2D eigenvalue weighted by Crippen LogP contribution is 2.17. The van der Waals surface area contributed by atoms with Gasteiger partial charge in [0.15, 0.2) is 0 Å². The summed E-state index contributed by atoms with van der Waals surface area (Å²) in [6.45, 7) is 13.3. The molecular formula is C20H33N3O3S. The molecule has 1 aliphatic rings. The van der Waals surface area contributed by atoms with Crippen molar-refractivity contribution in [3.63, 3.8) is 0 Å². The molecule has 1 heterocycles. The molecular weight excluding hydrogens is 362 g/mol. The number of carbonyl (C=O) groups excluding carboxylic acids is 1. The maximum Gasteiger partial charge on any atom is 0.253 e. The first kappa shape index (κ1) is 21.9. The number of hydrogen-bond donors (Lipinski definition) is 0. The van der Waals surface area contributed by atoms with Crippen LogP contribution in [0.25, 0.3) is 0 Å². The van der Waals surface area contributed by atoms with Gasteiger partial charge in [-0.2, -0.15) is 4.31 Å². The molecule has 0 atom stereocenters. The topological polar surface area (TPSA) is 60.9 Å². The summed E-state index contributed by atoms with van der Waals surface area (Å²) in [5.74, 6) is 0.668. The van der Waals surface area contributed by atoms with Crippen molar-refractivity contribution in [1.82, 2.24) is 14.1 Å². The first-order valence-electron chi connectivity index (χ1n) is 9.91. The zero-order valence-corrected chi connectivity index (χ0v) is 17.8. The van der Waals surface area contributed by atoms with Crippen LogP contribution in [0.3, 0.4) is 0 Å². The van der Waals surface area contributed by atoms with Crippen molar-refractivity contribution in [3.8, 4) is 0 Å². The lowest BCUT2D eigenvalue weighted by molar-refractivity contribution is 0.0631. The lowest BCUT2D eigenvalue weighted by atomic mass is 10.1. The van der Waals surface area contributed by atoms with Crippen LogP contribution in [0, 0.1) is 5.92 Å². The third kappa shape index (κ3) is 5.53. The molecule has 0 unspecified atom stereocenters. The molecule has 0 radical (unpaired) electrons. The third-order valence-corrected chi connectivity index (χ3v) is 7.19. The van der Waals surface area contributed by atoms with Gasteiger partial charge in [-0.3, -0.25) is 9.69 Å². The maximum absolute atomic E-state index is 12.7. The summed E-state index contributed by atoms with van der Waals surface area (Å²) >= 11 is 0. The van der Waals surface area contributed by atoms with Crippen molar-refractivity contribution in [2.75, 3.05) is 45.8 Å². The van der Waals surface area contributed by atoms with Gasteiger partial charge in [0, 0.05) is 44.8 Å². The molecule has 27 heavy (non-hydrogen) atoms. The minimum Gasteiger partial charge on any atom is -0.336 e. The maximum atomic E-state index is 12.7. The number of rotatable bonds is 8. The average Bonchev–Trinajstić information content (AvgIpc) is 2.67. The Morgan fingerprint density at radius 3 is 2.07 bits per heavy atom. The molecule has 152 valence electrons. The van der Waals surface area contributed by atoms with Crippen LogP contribution in [0.4, 0.5) is 0 Å². The summed E-state index contributed by atoms with van der Waals surface area (Å²) < 4.78 is 26.5. The Kier molecular flexibility index (Phi) is 7.82. The predicted molar refractivity (Wildman–Crippen MR) is 108 cm³/mol.